The second-order valence-electron chi connectivity index (χ2n) is 4.52. The van der Waals surface area contributed by atoms with Crippen molar-refractivity contribution in [2.75, 3.05) is 18.5 Å². The van der Waals surface area contributed by atoms with Gasteiger partial charge in [0.05, 0.1) is 17.4 Å². The Balaban J connectivity index is 2.09. The summed E-state index contributed by atoms with van der Waals surface area (Å²) in [6.07, 6.45) is 0.388. The molecule has 1 saturated heterocycles. The van der Waals surface area contributed by atoms with Crippen LogP contribution in [0.25, 0.3) is 0 Å². The van der Waals surface area contributed by atoms with Crippen LogP contribution in [-0.2, 0) is 4.74 Å². The van der Waals surface area contributed by atoms with Crippen molar-refractivity contribution in [2.24, 2.45) is 0 Å². The predicted octanol–water partition coefficient (Wildman–Crippen LogP) is 2.16. The zero-order valence-corrected chi connectivity index (χ0v) is 10.9. The van der Waals surface area contributed by atoms with Crippen molar-refractivity contribution >= 4 is 17.3 Å². The van der Waals surface area contributed by atoms with Gasteiger partial charge in [0.2, 0.25) is 0 Å². The number of nitrogens with one attached hydrogen (secondary N) is 1. The third-order valence-corrected chi connectivity index (χ3v) is 3.58. The first-order chi connectivity index (χ1) is 8.55. The van der Waals surface area contributed by atoms with Gasteiger partial charge in [0.15, 0.2) is 0 Å². The molecule has 0 saturated carbocycles. The predicted molar refractivity (Wildman–Crippen MR) is 69.6 cm³/mol. The SMILES string of the molecule is CC1OCCC1(O)CNc1ccc(Cl)cc1C#N. The van der Waals surface area contributed by atoms with E-state index in [1.54, 1.807) is 18.2 Å². The molecule has 1 aliphatic rings. The van der Waals surface area contributed by atoms with E-state index in [0.29, 0.717) is 35.8 Å². The maximum atomic E-state index is 10.3. The highest BCUT2D eigenvalue weighted by Crippen LogP contribution is 2.27. The monoisotopic (exact) mass is 266 g/mol. The molecule has 0 aliphatic carbocycles. The normalized spacial score (nSPS) is 26.9. The highest BCUT2D eigenvalue weighted by atomic mass is 35.5. The molecule has 1 heterocycles. The third kappa shape index (κ3) is 2.59. The number of nitrogens with zero attached hydrogens (tertiary/aromatic N) is 1. The van der Waals surface area contributed by atoms with E-state index in [9.17, 15) is 5.11 Å². The molecule has 5 heteroatoms. The Morgan fingerprint density at radius 3 is 3.06 bits per heavy atom. The first-order valence-corrected chi connectivity index (χ1v) is 6.20. The van der Waals surface area contributed by atoms with E-state index in [1.165, 1.54) is 0 Å². The summed E-state index contributed by atoms with van der Waals surface area (Å²) in [6.45, 7) is 2.76. The van der Waals surface area contributed by atoms with Crippen molar-refractivity contribution < 1.29 is 9.84 Å². The Morgan fingerprint density at radius 2 is 2.44 bits per heavy atom. The minimum atomic E-state index is -0.883. The summed E-state index contributed by atoms with van der Waals surface area (Å²) in [7, 11) is 0. The van der Waals surface area contributed by atoms with Crippen LogP contribution in [-0.4, -0.2) is 30.0 Å². The fourth-order valence-corrected chi connectivity index (χ4v) is 2.19. The quantitative estimate of drug-likeness (QED) is 0.880. The largest absolute Gasteiger partial charge is 0.385 e. The number of halogens is 1. The number of rotatable bonds is 3. The van der Waals surface area contributed by atoms with Crippen molar-refractivity contribution in [2.45, 2.75) is 25.0 Å². The molecule has 2 unspecified atom stereocenters. The Labute approximate surface area is 111 Å². The summed E-state index contributed by atoms with van der Waals surface area (Å²) in [5.41, 5.74) is 0.263. The minimum Gasteiger partial charge on any atom is -0.385 e. The van der Waals surface area contributed by atoms with Gasteiger partial charge < -0.3 is 15.2 Å². The van der Waals surface area contributed by atoms with Gasteiger partial charge in [-0.25, -0.2) is 0 Å². The van der Waals surface area contributed by atoms with Crippen LogP contribution in [0.1, 0.15) is 18.9 Å². The number of nitriles is 1. The standard InChI is InChI=1S/C13H15ClN2O2/c1-9-13(17,4-5-18-9)8-16-12-3-2-11(14)6-10(12)7-15/h2-3,6,9,16-17H,4-5,8H2,1H3. The molecule has 1 fully saturated rings. The average molecular weight is 267 g/mol. The van der Waals surface area contributed by atoms with Crippen LogP contribution in [0, 0.1) is 11.3 Å². The number of anilines is 1. The third-order valence-electron chi connectivity index (χ3n) is 3.35. The summed E-state index contributed by atoms with van der Waals surface area (Å²) < 4.78 is 5.36. The summed E-state index contributed by atoms with van der Waals surface area (Å²) in [5.74, 6) is 0. The molecule has 2 rings (SSSR count). The Kier molecular flexibility index (Phi) is 3.76. The van der Waals surface area contributed by atoms with Gasteiger partial charge >= 0.3 is 0 Å². The maximum Gasteiger partial charge on any atom is 0.110 e. The van der Waals surface area contributed by atoms with E-state index >= 15 is 0 Å². The lowest BCUT2D eigenvalue weighted by atomic mass is 9.96. The minimum absolute atomic E-state index is 0.206. The second kappa shape index (κ2) is 5.15. The van der Waals surface area contributed by atoms with Gasteiger partial charge in [-0.15, -0.1) is 0 Å². The zero-order valence-electron chi connectivity index (χ0n) is 10.1. The molecule has 0 amide bonds. The molecule has 2 N–H and O–H groups in total. The Hall–Kier alpha value is -1.28. The maximum absolute atomic E-state index is 10.3. The summed E-state index contributed by atoms with van der Waals surface area (Å²) >= 11 is 5.83. The van der Waals surface area contributed by atoms with Crippen molar-refractivity contribution in [1.29, 1.82) is 5.26 Å². The number of benzene rings is 1. The number of hydrogen-bond donors (Lipinski definition) is 2. The lowest BCUT2D eigenvalue weighted by Gasteiger charge is -2.26. The highest BCUT2D eigenvalue weighted by molar-refractivity contribution is 6.30. The highest BCUT2D eigenvalue weighted by Gasteiger charge is 2.39. The lowest BCUT2D eigenvalue weighted by molar-refractivity contribution is -0.0175. The Bertz CT molecular complexity index is 486. The molecule has 0 spiro atoms. The van der Waals surface area contributed by atoms with Gasteiger partial charge in [-0.3, -0.25) is 0 Å². The summed E-state index contributed by atoms with van der Waals surface area (Å²) in [4.78, 5) is 0. The summed E-state index contributed by atoms with van der Waals surface area (Å²) in [6, 6.07) is 7.13. The van der Waals surface area contributed by atoms with Crippen LogP contribution in [0.5, 0.6) is 0 Å². The van der Waals surface area contributed by atoms with Crippen molar-refractivity contribution in [3.8, 4) is 6.07 Å². The van der Waals surface area contributed by atoms with Crippen molar-refractivity contribution in [3.63, 3.8) is 0 Å². The van der Waals surface area contributed by atoms with E-state index in [0.717, 1.165) is 0 Å². The topological polar surface area (TPSA) is 65.3 Å². The molecule has 0 radical (unpaired) electrons. The van der Waals surface area contributed by atoms with Gasteiger partial charge in [0.1, 0.15) is 11.7 Å². The van der Waals surface area contributed by atoms with Crippen molar-refractivity contribution in [1.82, 2.24) is 0 Å². The molecule has 0 aromatic heterocycles. The van der Waals surface area contributed by atoms with Crippen LogP contribution in [0.4, 0.5) is 5.69 Å². The van der Waals surface area contributed by atoms with Crippen LogP contribution in [0.15, 0.2) is 18.2 Å². The fraction of sp³-hybridized carbons (Fsp3) is 0.462. The van der Waals surface area contributed by atoms with E-state index in [2.05, 4.69) is 11.4 Å². The molecule has 96 valence electrons. The molecule has 4 nitrogen and oxygen atoms in total. The van der Waals surface area contributed by atoms with E-state index < -0.39 is 5.60 Å². The van der Waals surface area contributed by atoms with E-state index in [4.69, 9.17) is 21.6 Å². The number of ether oxygens (including phenoxy) is 1. The van der Waals surface area contributed by atoms with E-state index in [-0.39, 0.29) is 6.10 Å². The molecular weight excluding hydrogens is 252 g/mol. The summed E-state index contributed by atoms with van der Waals surface area (Å²) in [5, 5.41) is 23.0. The molecule has 1 aromatic carbocycles. The zero-order chi connectivity index (χ0) is 13.2. The average Bonchev–Trinajstić information content (AvgIpc) is 2.68. The molecule has 18 heavy (non-hydrogen) atoms. The molecule has 2 atom stereocenters. The van der Waals surface area contributed by atoms with Gasteiger partial charge in [-0.05, 0) is 25.1 Å². The first-order valence-electron chi connectivity index (χ1n) is 5.83. The molecule has 1 aromatic rings. The van der Waals surface area contributed by atoms with Crippen molar-refractivity contribution in [3.05, 3.63) is 28.8 Å². The van der Waals surface area contributed by atoms with Gasteiger partial charge in [-0.1, -0.05) is 11.6 Å². The van der Waals surface area contributed by atoms with Crippen LogP contribution in [0.2, 0.25) is 5.02 Å². The number of hydrogen-bond acceptors (Lipinski definition) is 4. The Morgan fingerprint density at radius 1 is 1.67 bits per heavy atom. The van der Waals surface area contributed by atoms with Crippen LogP contribution in [0.3, 0.4) is 0 Å². The van der Waals surface area contributed by atoms with Gasteiger partial charge in [0.25, 0.3) is 0 Å². The lowest BCUT2D eigenvalue weighted by Crippen LogP contribution is -2.43. The van der Waals surface area contributed by atoms with Crippen LogP contribution >= 0.6 is 11.6 Å². The fourth-order valence-electron chi connectivity index (χ4n) is 2.01. The van der Waals surface area contributed by atoms with Gasteiger partial charge in [-0.2, -0.15) is 5.26 Å². The molecular formula is C13H15ClN2O2. The van der Waals surface area contributed by atoms with Crippen LogP contribution < -0.4 is 5.32 Å². The smallest absolute Gasteiger partial charge is 0.110 e. The van der Waals surface area contributed by atoms with E-state index in [1.807, 2.05) is 6.92 Å². The molecule has 1 aliphatic heterocycles. The number of aliphatic hydroxyl groups is 1. The molecule has 0 bridgehead atoms. The first kappa shape index (κ1) is 13.2. The second-order valence-corrected chi connectivity index (χ2v) is 4.96. The van der Waals surface area contributed by atoms with Gasteiger partial charge in [0, 0.05) is 24.6 Å².